The molecule has 0 N–H and O–H groups in total. The van der Waals surface area contributed by atoms with Gasteiger partial charge in [-0.05, 0) is 31.0 Å². The summed E-state index contributed by atoms with van der Waals surface area (Å²) in [6, 6.07) is 4.60. The van der Waals surface area contributed by atoms with Crippen LogP contribution in [-0.2, 0) is 9.59 Å². The molecule has 1 aromatic carbocycles. The lowest BCUT2D eigenvalue weighted by Gasteiger charge is -2.36. The molecule has 3 rings (SSSR count). The van der Waals surface area contributed by atoms with Gasteiger partial charge >= 0.3 is 0 Å². The minimum atomic E-state index is -0.326. The van der Waals surface area contributed by atoms with Gasteiger partial charge in [0.2, 0.25) is 11.8 Å². The van der Waals surface area contributed by atoms with Gasteiger partial charge in [0.1, 0.15) is 12.6 Å². The van der Waals surface area contributed by atoms with Crippen LogP contribution in [0.15, 0.2) is 18.2 Å². The number of hydrogen-bond acceptors (Lipinski definition) is 2. The lowest BCUT2D eigenvalue weighted by Crippen LogP contribution is -2.57. The van der Waals surface area contributed by atoms with E-state index in [0.29, 0.717) is 22.3 Å². The molecule has 6 heteroatoms. The maximum atomic E-state index is 12.4. The van der Waals surface area contributed by atoms with Crippen molar-refractivity contribution in [2.75, 3.05) is 18.0 Å². The first-order valence-electron chi connectivity index (χ1n) is 6.14. The zero-order valence-electron chi connectivity index (χ0n) is 10.1. The highest BCUT2D eigenvalue weighted by Gasteiger charge is 2.42. The smallest absolute Gasteiger partial charge is 0.250 e. The van der Waals surface area contributed by atoms with Crippen LogP contribution in [0.2, 0.25) is 10.0 Å². The molecule has 1 atom stereocenters. The molecule has 2 saturated heterocycles. The van der Waals surface area contributed by atoms with Gasteiger partial charge in [0, 0.05) is 11.6 Å². The first kappa shape index (κ1) is 12.8. The molecule has 0 aliphatic carbocycles. The normalized spacial score (nSPS) is 22.9. The number of amides is 2. The average Bonchev–Trinajstić information content (AvgIpc) is 2.84. The van der Waals surface area contributed by atoms with Crippen LogP contribution in [0.1, 0.15) is 12.8 Å². The molecule has 0 radical (unpaired) electrons. The van der Waals surface area contributed by atoms with Crippen LogP contribution in [-0.4, -0.2) is 35.8 Å². The number of benzene rings is 1. The van der Waals surface area contributed by atoms with Crippen molar-refractivity contribution >= 4 is 40.7 Å². The Morgan fingerprint density at radius 2 is 2.00 bits per heavy atom. The quantitative estimate of drug-likeness (QED) is 0.798. The van der Waals surface area contributed by atoms with E-state index in [4.69, 9.17) is 23.2 Å². The van der Waals surface area contributed by atoms with Crippen LogP contribution in [0.5, 0.6) is 0 Å². The maximum absolute atomic E-state index is 12.4. The summed E-state index contributed by atoms with van der Waals surface area (Å²) in [6.45, 7) is 0.730. The maximum Gasteiger partial charge on any atom is 0.250 e. The summed E-state index contributed by atoms with van der Waals surface area (Å²) in [5, 5.41) is 0.895. The van der Waals surface area contributed by atoms with E-state index in [9.17, 15) is 9.59 Å². The summed E-state index contributed by atoms with van der Waals surface area (Å²) in [5.41, 5.74) is 0.552. The summed E-state index contributed by atoms with van der Waals surface area (Å²) in [7, 11) is 0. The summed E-state index contributed by atoms with van der Waals surface area (Å²) < 4.78 is 0. The highest BCUT2D eigenvalue weighted by molar-refractivity contribution is 6.37. The number of piperazine rings is 1. The molecule has 0 spiro atoms. The number of anilines is 1. The second kappa shape index (κ2) is 4.69. The number of rotatable bonds is 1. The Morgan fingerprint density at radius 3 is 2.74 bits per heavy atom. The Morgan fingerprint density at radius 1 is 1.21 bits per heavy atom. The van der Waals surface area contributed by atoms with Crippen LogP contribution in [0, 0.1) is 0 Å². The van der Waals surface area contributed by atoms with Gasteiger partial charge in [-0.3, -0.25) is 14.5 Å². The van der Waals surface area contributed by atoms with Crippen molar-refractivity contribution in [3.63, 3.8) is 0 Å². The molecule has 1 unspecified atom stereocenters. The van der Waals surface area contributed by atoms with E-state index in [-0.39, 0.29) is 24.4 Å². The third kappa shape index (κ3) is 2.09. The van der Waals surface area contributed by atoms with Gasteiger partial charge in [0.25, 0.3) is 0 Å². The lowest BCUT2D eigenvalue weighted by molar-refractivity contribution is -0.140. The Balaban J connectivity index is 1.96. The summed E-state index contributed by atoms with van der Waals surface area (Å²) in [4.78, 5) is 27.6. The zero-order valence-corrected chi connectivity index (χ0v) is 11.6. The molecule has 0 saturated carbocycles. The van der Waals surface area contributed by atoms with Crippen LogP contribution in [0.3, 0.4) is 0 Å². The van der Waals surface area contributed by atoms with Crippen LogP contribution in [0.4, 0.5) is 5.69 Å². The second-order valence-corrected chi connectivity index (χ2v) is 5.61. The Bertz CT molecular complexity index is 562. The fourth-order valence-corrected chi connectivity index (χ4v) is 3.22. The first-order chi connectivity index (χ1) is 9.08. The lowest BCUT2D eigenvalue weighted by atomic mass is 10.1. The van der Waals surface area contributed by atoms with Gasteiger partial charge in [-0.25, -0.2) is 0 Å². The number of halogens is 2. The van der Waals surface area contributed by atoms with E-state index < -0.39 is 0 Å². The predicted molar refractivity (Wildman–Crippen MR) is 73.6 cm³/mol. The molecular formula is C13H12Cl2N2O2. The van der Waals surface area contributed by atoms with Crippen molar-refractivity contribution in [2.45, 2.75) is 18.9 Å². The molecule has 19 heavy (non-hydrogen) atoms. The summed E-state index contributed by atoms with van der Waals surface area (Å²) in [6.07, 6.45) is 1.61. The van der Waals surface area contributed by atoms with E-state index in [1.807, 2.05) is 0 Å². The van der Waals surface area contributed by atoms with E-state index in [2.05, 4.69) is 0 Å². The third-order valence-corrected chi connectivity index (χ3v) is 4.16. The van der Waals surface area contributed by atoms with Crippen molar-refractivity contribution in [3.8, 4) is 0 Å². The van der Waals surface area contributed by atoms with Crippen LogP contribution >= 0.6 is 23.2 Å². The van der Waals surface area contributed by atoms with Crippen molar-refractivity contribution in [1.82, 2.24) is 4.90 Å². The molecule has 1 aromatic rings. The van der Waals surface area contributed by atoms with Gasteiger partial charge in [-0.1, -0.05) is 23.2 Å². The number of fused-ring (bicyclic) bond motifs is 1. The third-order valence-electron chi connectivity index (χ3n) is 3.62. The number of carbonyl (C=O) groups excluding carboxylic acids is 2. The molecule has 2 aliphatic rings. The van der Waals surface area contributed by atoms with Crippen molar-refractivity contribution < 1.29 is 9.59 Å². The van der Waals surface area contributed by atoms with Gasteiger partial charge in [0.05, 0.1) is 10.7 Å². The number of nitrogens with zero attached hydrogens (tertiary/aromatic N) is 2. The second-order valence-electron chi connectivity index (χ2n) is 4.77. The molecule has 100 valence electrons. The largest absolute Gasteiger partial charge is 0.329 e. The van der Waals surface area contributed by atoms with E-state index in [0.717, 1.165) is 12.8 Å². The van der Waals surface area contributed by atoms with Crippen molar-refractivity contribution in [3.05, 3.63) is 28.2 Å². The van der Waals surface area contributed by atoms with E-state index in [1.165, 1.54) is 4.90 Å². The Labute approximate surface area is 120 Å². The molecule has 0 bridgehead atoms. The molecule has 4 nitrogen and oxygen atoms in total. The van der Waals surface area contributed by atoms with Gasteiger partial charge < -0.3 is 4.90 Å². The van der Waals surface area contributed by atoms with Crippen LogP contribution < -0.4 is 4.90 Å². The molecule has 2 heterocycles. The van der Waals surface area contributed by atoms with Gasteiger partial charge in [-0.15, -0.1) is 0 Å². The highest BCUT2D eigenvalue weighted by Crippen LogP contribution is 2.33. The topological polar surface area (TPSA) is 40.6 Å². The molecular weight excluding hydrogens is 287 g/mol. The molecule has 2 fully saturated rings. The minimum absolute atomic E-state index is 0.0203. The molecule has 0 aromatic heterocycles. The Hall–Kier alpha value is -1.26. The monoisotopic (exact) mass is 298 g/mol. The number of carbonyl (C=O) groups is 2. The SMILES string of the molecule is O=C1C2CCCN2C(=O)CN1c1ccc(Cl)cc1Cl. The highest BCUT2D eigenvalue weighted by atomic mass is 35.5. The molecule has 2 aliphatic heterocycles. The van der Waals surface area contributed by atoms with Gasteiger partial charge in [0.15, 0.2) is 0 Å². The summed E-state index contributed by atoms with van der Waals surface area (Å²) >= 11 is 12.0. The first-order valence-corrected chi connectivity index (χ1v) is 6.89. The van der Waals surface area contributed by atoms with Crippen molar-refractivity contribution in [1.29, 1.82) is 0 Å². The Kier molecular flexibility index (Phi) is 3.15. The standard InChI is InChI=1S/C13H12Cl2N2O2/c14-8-3-4-10(9(15)6-8)17-7-12(18)16-5-1-2-11(16)13(17)19/h3-4,6,11H,1-2,5,7H2. The fourth-order valence-electron chi connectivity index (χ4n) is 2.71. The summed E-state index contributed by atoms with van der Waals surface area (Å²) in [5.74, 6) is -0.0746. The average molecular weight is 299 g/mol. The van der Waals surface area contributed by atoms with E-state index in [1.54, 1.807) is 23.1 Å². The zero-order chi connectivity index (χ0) is 13.6. The van der Waals surface area contributed by atoms with E-state index >= 15 is 0 Å². The number of hydrogen-bond donors (Lipinski definition) is 0. The minimum Gasteiger partial charge on any atom is -0.329 e. The van der Waals surface area contributed by atoms with Crippen LogP contribution in [0.25, 0.3) is 0 Å². The fraction of sp³-hybridized carbons (Fsp3) is 0.385. The molecule has 2 amide bonds. The van der Waals surface area contributed by atoms with Crippen molar-refractivity contribution in [2.24, 2.45) is 0 Å². The predicted octanol–water partition coefficient (Wildman–Crippen LogP) is 2.33. The van der Waals surface area contributed by atoms with Gasteiger partial charge in [-0.2, -0.15) is 0 Å².